The van der Waals surface area contributed by atoms with E-state index in [9.17, 15) is 4.79 Å². The summed E-state index contributed by atoms with van der Waals surface area (Å²) in [5, 5.41) is 10.0. The molecule has 0 radical (unpaired) electrons. The van der Waals surface area contributed by atoms with Crippen LogP contribution in [0.25, 0.3) is 10.1 Å². The van der Waals surface area contributed by atoms with Crippen molar-refractivity contribution in [1.29, 1.82) is 5.26 Å². The maximum Gasteiger partial charge on any atom is 0.268 e. The molecule has 0 fully saturated rings. The van der Waals surface area contributed by atoms with Gasteiger partial charge in [0.2, 0.25) is 0 Å². The van der Waals surface area contributed by atoms with Crippen LogP contribution in [-0.4, -0.2) is 13.0 Å². The first-order valence-electron chi connectivity index (χ1n) is 6.46. The van der Waals surface area contributed by atoms with Crippen molar-refractivity contribution in [3.05, 3.63) is 65.0 Å². The van der Waals surface area contributed by atoms with Crippen LogP contribution in [0, 0.1) is 11.3 Å². The van der Waals surface area contributed by atoms with Crippen molar-refractivity contribution in [1.82, 2.24) is 0 Å². The Kier molecular flexibility index (Phi) is 3.43. The molecule has 4 heteroatoms. The molecule has 0 aliphatic heterocycles. The van der Waals surface area contributed by atoms with Crippen LogP contribution in [-0.2, 0) is 0 Å². The highest BCUT2D eigenvalue weighted by Crippen LogP contribution is 2.27. The Morgan fingerprint density at radius 2 is 1.95 bits per heavy atom. The van der Waals surface area contributed by atoms with Gasteiger partial charge < -0.3 is 4.90 Å². The minimum atomic E-state index is -0.0636. The molecule has 3 nitrogen and oxygen atoms in total. The zero-order chi connectivity index (χ0) is 14.8. The standard InChI is InChI=1S/C17H12N2OS/c1-19(14-7-4-5-12(9-14)11-18)17(20)16-10-13-6-2-3-8-15(13)21-16/h2-10H,1H3. The van der Waals surface area contributed by atoms with Crippen LogP contribution in [0.4, 0.5) is 5.69 Å². The van der Waals surface area contributed by atoms with Gasteiger partial charge in [0.25, 0.3) is 5.91 Å². The summed E-state index contributed by atoms with van der Waals surface area (Å²) in [6, 6.07) is 19.0. The van der Waals surface area contributed by atoms with E-state index in [0.717, 1.165) is 15.8 Å². The zero-order valence-electron chi connectivity index (χ0n) is 11.4. The molecule has 3 aromatic rings. The fraction of sp³-hybridized carbons (Fsp3) is 0.0588. The molecule has 3 rings (SSSR count). The number of rotatable bonds is 2. The molecule has 2 aromatic carbocycles. The van der Waals surface area contributed by atoms with E-state index in [1.165, 1.54) is 11.3 Å². The highest BCUT2D eigenvalue weighted by molar-refractivity contribution is 7.20. The SMILES string of the molecule is CN(C(=O)c1cc2ccccc2s1)c1cccc(C#N)c1. The monoisotopic (exact) mass is 292 g/mol. The molecule has 0 bridgehead atoms. The summed E-state index contributed by atoms with van der Waals surface area (Å²) in [6.45, 7) is 0. The Labute approximate surface area is 126 Å². The number of nitrogens with zero attached hydrogens (tertiary/aromatic N) is 2. The third-order valence-corrected chi connectivity index (χ3v) is 4.41. The summed E-state index contributed by atoms with van der Waals surface area (Å²) in [5.41, 5.74) is 1.26. The summed E-state index contributed by atoms with van der Waals surface area (Å²) in [7, 11) is 1.73. The second-order valence-electron chi connectivity index (χ2n) is 4.67. The van der Waals surface area contributed by atoms with Crippen molar-refractivity contribution in [3.8, 4) is 6.07 Å². The van der Waals surface area contributed by atoms with Crippen LogP contribution in [0.2, 0.25) is 0 Å². The lowest BCUT2D eigenvalue weighted by molar-refractivity contribution is 0.0997. The molecule has 1 heterocycles. The van der Waals surface area contributed by atoms with E-state index in [2.05, 4.69) is 6.07 Å². The van der Waals surface area contributed by atoms with Gasteiger partial charge >= 0.3 is 0 Å². The lowest BCUT2D eigenvalue weighted by Crippen LogP contribution is -2.25. The van der Waals surface area contributed by atoms with Crippen molar-refractivity contribution < 1.29 is 4.79 Å². The summed E-state index contributed by atoms with van der Waals surface area (Å²) in [5.74, 6) is -0.0636. The maximum atomic E-state index is 12.6. The van der Waals surface area contributed by atoms with E-state index in [-0.39, 0.29) is 5.91 Å². The molecule has 102 valence electrons. The molecule has 0 atom stereocenters. The van der Waals surface area contributed by atoms with Crippen molar-refractivity contribution in [2.45, 2.75) is 0 Å². The minimum absolute atomic E-state index is 0.0636. The number of carbonyl (C=O) groups excluding carboxylic acids is 1. The smallest absolute Gasteiger partial charge is 0.268 e. The molecule has 0 N–H and O–H groups in total. The van der Waals surface area contributed by atoms with Crippen LogP contribution >= 0.6 is 11.3 Å². The summed E-state index contributed by atoms with van der Waals surface area (Å²) in [4.78, 5) is 14.8. The van der Waals surface area contributed by atoms with Gasteiger partial charge in [0.15, 0.2) is 0 Å². The number of benzene rings is 2. The van der Waals surface area contributed by atoms with Gasteiger partial charge in [0, 0.05) is 17.4 Å². The third kappa shape index (κ3) is 2.51. The molecular weight excluding hydrogens is 280 g/mol. The number of nitriles is 1. The topological polar surface area (TPSA) is 44.1 Å². The number of hydrogen-bond donors (Lipinski definition) is 0. The molecule has 0 spiro atoms. The van der Waals surface area contributed by atoms with Crippen molar-refractivity contribution in [2.24, 2.45) is 0 Å². The van der Waals surface area contributed by atoms with E-state index in [0.29, 0.717) is 10.4 Å². The first-order chi connectivity index (χ1) is 10.2. The third-order valence-electron chi connectivity index (χ3n) is 3.30. The predicted molar refractivity (Wildman–Crippen MR) is 85.7 cm³/mol. The van der Waals surface area contributed by atoms with Gasteiger partial charge in [0.05, 0.1) is 16.5 Å². The van der Waals surface area contributed by atoms with E-state index in [1.54, 1.807) is 30.1 Å². The van der Waals surface area contributed by atoms with E-state index >= 15 is 0 Å². The van der Waals surface area contributed by atoms with E-state index < -0.39 is 0 Å². The van der Waals surface area contributed by atoms with Gasteiger partial charge in [-0.15, -0.1) is 11.3 Å². The second-order valence-corrected chi connectivity index (χ2v) is 5.76. The fourth-order valence-corrected chi connectivity index (χ4v) is 3.19. The molecule has 0 saturated heterocycles. The Balaban J connectivity index is 1.95. The first-order valence-corrected chi connectivity index (χ1v) is 7.27. The lowest BCUT2D eigenvalue weighted by Gasteiger charge is -2.16. The Morgan fingerprint density at radius 1 is 1.14 bits per heavy atom. The van der Waals surface area contributed by atoms with Gasteiger partial charge in [-0.3, -0.25) is 4.79 Å². The Bertz CT molecular complexity index is 827. The highest BCUT2D eigenvalue weighted by Gasteiger charge is 2.16. The van der Waals surface area contributed by atoms with Gasteiger partial charge in [-0.25, -0.2) is 0 Å². The Morgan fingerprint density at radius 3 is 2.71 bits per heavy atom. The van der Waals surface area contributed by atoms with Crippen LogP contribution in [0.15, 0.2) is 54.6 Å². The molecule has 0 aliphatic carbocycles. The highest BCUT2D eigenvalue weighted by atomic mass is 32.1. The van der Waals surface area contributed by atoms with Crippen molar-refractivity contribution in [3.63, 3.8) is 0 Å². The van der Waals surface area contributed by atoms with Crippen LogP contribution in [0.1, 0.15) is 15.2 Å². The number of thiophene rings is 1. The van der Waals surface area contributed by atoms with Gasteiger partial charge in [-0.2, -0.15) is 5.26 Å². The molecule has 1 amide bonds. The average Bonchev–Trinajstić information content (AvgIpc) is 2.97. The van der Waals surface area contributed by atoms with Gasteiger partial charge in [-0.05, 0) is 35.7 Å². The van der Waals surface area contributed by atoms with Gasteiger partial charge in [0.1, 0.15) is 0 Å². The van der Waals surface area contributed by atoms with E-state index in [4.69, 9.17) is 5.26 Å². The van der Waals surface area contributed by atoms with Crippen LogP contribution < -0.4 is 4.90 Å². The fourth-order valence-electron chi connectivity index (χ4n) is 2.15. The van der Waals surface area contributed by atoms with Crippen LogP contribution in [0.3, 0.4) is 0 Å². The second kappa shape index (κ2) is 5.39. The van der Waals surface area contributed by atoms with Crippen molar-refractivity contribution >= 4 is 33.0 Å². The normalized spacial score (nSPS) is 10.3. The lowest BCUT2D eigenvalue weighted by atomic mass is 10.2. The first kappa shape index (κ1) is 13.3. The molecule has 0 aliphatic rings. The predicted octanol–water partition coefficient (Wildman–Crippen LogP) is 4.05. The number of anilines is 1. The quantitative estimate of drug-likeness (QED) is 0.715. The number of hydrogen-bond acceptors (Lipinski definition) is 3. The van der Waals surface area contributed by atoms with Crippen molar-refractivity contribution in [2.75, 3.05) is 11.9 Å². The molecule has 1 aromatic heterocycles. The van der Waals surface area contributed by atoms with Gasteiger partial charge in [-0.1, -0.05) is 24.3 Å². The number of amides is 1. The Hall–Kier alpha value is -2.64. The molecule has 0 saturated carbocycles. The van der Waals surface area contributed by atoms with E-state index in [1.807, 2.05) is 36.4 Å². The largest absolute Gasteiger partial charge is 0.311 e. The van der Waals surface area contributed by atoms with Crippen LogP contribution in [0.5, 0.6) is 0 Å². The summed E-state index contributed by atoms with van der Waals surface area (Å²) < 4.78 is 1.10. The zero-order valence-corrected chi connectivity index (χ0v) is 12.2. The molecule has 0 unspecified atom stereocenters. The maximum absolute atomic E-state index is 12.6. The average molecular weight is 292 g/mol. The number of fused-ring (bicyclic) bond motifs is 1. The molecule has 21 heavy (non-hydrogen) atoms. The summed E-state index contributed by atoms with van der Waals surface area (Å²) >= 11 is 1.48. The summed E-state index contributed by atoms with van der Waals surface area (Å²) in [6.07, 6.45) is 0. The number of carbonyl (C=O) groups is 1. The molecular formula is C17H12N2OS. The minimum Gasteiger partial charge on any atom is -0.311 e.